The van der Waals surface area contributed by atoms with Gasteiger partial charge in [0, 0.05) is 29.7 Å². The van der Waals surface area contributed by atoms with E-state index in [1.165, 1.54) is 0 Å². The fraction of sp³-hybridized carbons (Fsp3) is 0.235. The minimum atomic E-state index is -0.291. The van der Waals surface area contributed by atoms with Gasteiger partial charge < -0.3 is 10.3 Å². The van der Waals surface area contributed by atoms with Crippen molar-refractivity contribution in [1.29, 1.82) is 5.26 Å². The van der Waals surface area contributed by atoms with Crippen molar-refractivity contribution in [1.82, 2.24) is 20.1 Å². The van der Waals surface area contributed by atoms with Crippen LogP contribution in [0.1, 0.15) is 34.5 Å². The van der Waals surface area contributed by atoms with Gasteiger partial charge in [0.2, 0.25) is 0 Å². The van der Waals surface area contributed by atoms with Crippen molar-refractivity contribution >= 4 is 16.8 Å². The number of H-pyrrole nitrogens is 1. The van der Waals surface area contributed by atoms with Gasteiger partial charge in [-0.25, -0.2) is 0 Å². The Morgan fingerprint density at radius 2 is 2.26 bits per heavy atom. The molecule has 1 fully saturated rings. The van der Waals surface area contributed by atoms with Crippen LogP contribution in [0.2, 0.25) is 0 Å². The van der Waals surface area contributed by atoms with Crippen LogP contribution in [0, 0.1) is 11.3 Å². The average molecular weight is 305 g/mol. The van der Waals surface area contributed by atoms with E-state index in [1.54, 1.807) is 29.1 Å². The molecule has 114 valence electrons. The van der Waals surface area contributed by atoms with Crippen LogP contribution in [0.25, 0.3) is 10.9 Å². The van der Waals surface area contributed by atoms with Crippen LogP contribution < -0.4 is 5.32 Å². The second-order valence-electron chi connectivity index (χ2n) is 6.04. The Kier molecular flexibility index (Phi) is 2.78. The molecule has 0 bridgehead atoms. The summed E-state index contributed by atoms with van der Waals surface area (Å²) in [5.41, 5.74) is 2.68. The molecule has 0 radical (unpaired) electrons. The summed E-state index contributed by atoms with van der Waals surface area (Å²) in [5.74, 6) is -0.138. The van der Waals surface area contributed by atoms with Crippen molar-refractivity contribution in [2.75, 3.05) is 0 Å². The highest BCUT2D eigenvalue weighted by molar-refractivity contribution is 5.98. The van der Waals surface area contributed by atoms with Gasteiger partial charge in [-0.15, -0.1) is 0 Å². The minimum absolute atomic E-state index is 0.138. The van der Waals surface area contributed by atoms with Gasteiger partial charge in [0.1, 0.15) is 5.69 Å². The van der Waals surface area contributed by atoms with Crippen LogP contribution in [-0.4, -0.2) is 20.7 Å². The van der Waals surface area contributed by atoms with Gasteiger partial charge in [-0.2, -0.15) is 10.4 Å². The summed E-state index contributed by atoms with van der Waals surface area (Å²) < 4.78 is 1.74. The first-order valence-electron chi connectivity index (χ1n) is 7.44. The van der Waals surface area contributed by atoms with Gasteiger partial charge in [0.25, 0.3) is 5.91 Å². The number of nitrogens with one attached hydrogen (secondary N) is 2. The Morgan fingerprint density at radius 3 is 2.91 bits per heavy atom. The van der Waals surface area contributed by atoms with E-state index < -0.39 is 0 Å². The molecule has 2 aromatic heterocycles. The molecule has 1 aliphatic carbocycles. The first-order valence-corrected chi connectivity index (χ1v) is 7.44. The number of amides is 1. The molecule has 23 heavy (non-hydrogen) atoms. The topological polar surface area (TPSA) is 86.5 Å². The molecular weight excluding hydrogens is 290 g/mol. The second-order valence-corrected chi connectivity index (χ2v) is 6.04. The number of fused-ring (bicyclic) bond motifs is 1. The zero-order valence-corrected chi connectivity index (χ0v) is 12.6. The summed E-state index contributed by atoms with van der Waals surface area (Å²) in [4.78, 5) is 15.7. The molecule has 2 heterocycles. The normalized spacial score (nSPS) is 15.3. The molecule has 1 aliphatic rings. The van der Waals surface area contributed by atoms with Crippen molar-refractivity contribution in [3.05, 3.63) is 53.5 Å². The Hall–Kier alpha value is -3.07. The molecule has 0 saturated heterocycles. The SMILES string of the molecule is Cn1cc(C2(NC(=O)c3cc4cc(C#N)ccc4[nH]3)CC2)cn1. The number of carbonyl (C=O) groups excluding carboxylic acids is 1. The van der Waals surface area contributed by atoms with Crippen molar-refractivity contribution in [2.45, 2.75) is 18.4 Å². The smallest absolute Gasteiger partial charge is 0.268 e. The van der Waals surface area contributed by atoms with Gasteiger partial charge >= 0.3 is 0 Å². The molecule has 2 N–H and O–H groups in total. The molecule has 1 amide bonds. The lowest BCUT2D eigenvalue weighted by Gasteiger charge is -2.15. The van der Waals surface area contributed by atoms with Crippen molar-refractivity contribution in [3.63, 3.8) is 0 Å². The number of hydrogen-bond donors (Lipinski definition) is 2. The standard InChI is InChI=1S/C17H15N5O/c1-22-10-13(9-19-22)17(4-5-17)21-16(23)15-7-12-6-11(8-18)2-3-14(12)20-15/h2-3,6-7,9-10,20H,4-5H2,1H3,(H,21,23). The van der Waals surface area contributed by atoms with Crippen molar-refractivity contribution < 1.29 is 4.79 Å². The zero-order valence-electron chi connectivity index (χ0n) is 12.6. The van der Waals surface area contributed by atoms with E-state index in [1.807, 2.05) is 19.3 Å². The number of nitriles is 1. The lowest BCUT2D eigenvalue weighted by atomic mass is 10.1. The second kappa shape index (κ2) is 4.71. The summed E-state index contributed by atoms with van der Waals surface area (Å²) >= 11 is 0. The fourth-order valence-corrected chi connectivity index (χ4v) is 2.89. The summed E-state index contributed by atoms with van der Waals surface area (Å²) in [7, 11) is 1.87. The van der Waals surface area contributed by atoms with Crippen LogP contribution in [-0.2, 0) is 12.6 Å². The third-order valence-electron chi connectivity index (χ3n) is 4.35. The molecular formula is C17H15N5O. The van der Waals surface area contributed by atoms with Gasteiger partial charge in [0.15, 0.2) is 0 Å². The monoisotopic (exact) mass is 305 g/mol. The predicted molar refractivity (Wildman–Crippen MR) is 84.6 cm³/mol. The summed E-state index contributed by atoms with van der Waals surface area (Å²) in [6.07, 6.45) is 5.59. The molecule has 3 aromatic rings. The van der Waals surface area contributed by atoms with Crippen LogP contribution in [0.3, 0.4) is 0 Å². The van der Waals surface area contributed by atoms with E-state index in [4.69, 9.17) is 5.26 Å². The number of aryl methyl sites for hydroxylation is 1. The fourth-order valence-electron chi connectivity index (χ4n) is 2.89. The van der Waals surface area contributed by atoms with E-state index in [2.05, 4.69) is 21.5 Å². The molecule has 1 saturated carbocycles. The van der Waals surface area contributed by atoms with Crippen LogP contribution in [0.15, 0.2) is 36.7 Å². The Balaban J connectivity index is 1.61. The number of rotatable bonds is 3. The van der Waals surface area contributed by atoms with Crippen LogP contribution >= 0.6 is 0 Å². The van der Waals surface area contributed by atoms with Crippen molar-refractivity contribution in [2.24, 2.45) is 7.05 Å². The molecule has 1 aromatic carbocycles. The predicted octanol–water partition coefficient (Wildman–Crippen LogP) is 2.19. The Labute approximate surface area is 132 Å². The lowest BCUT2D eigenvalue weighted by molar-refractivity contribution is 0.0926. The summed E-state index contributed by atoms with van der Waals surface area (Å²) in [6.45, 7) is 0. The average Bonchev–Trinajstić information content (AvgIpc) is 2.99. The van der Waals surface area contributed by atoms with Gasteiger partial charge in [-0.1, -0.05) is 0 Å². The highest BCUT2D eigenvalue weighted by Gasteiger charge is 2.46. The lowest BCUT2D eigenvalue weighted by Crippen LogP contribution is -2.34. The maximum Gasteiger partial charge on any atom is 0.268 e. The maximum atomic E-state index is 12.6. The minimum Gasteiger partial charge on any atom is -0.351 e. The van der Waals surface area contributed by atoms with Gasteiger partial charge in [-0.05, 0) is 37.1 Å². The Bertz CT molecular complexity index is 955. The zero-order chi connectivity index (χ0) is 16.0. The highest BCUT2D eigenvalue weighted by atomic mass is 16.2. The highest BCUT2D eigenvalue weighted by Crippen LogP contribution is 2.45. The van der Waals surface area contributed by atoms with Gasteiger partial charge in [0.05, 0.1) is 23.4 Å². The molecule has 0 spiro atoms. The molecule has 0 aliphatic heterocycles. The third-order valence-corrected chi connectivity index (χ3v) is 4.35. The quantitative estimate of drug-likeness (QED) is 0.777. The number of benzene rings is 1. The summed E-state index contributed by atoms with van der Waals surface area (Å²) in [5, 5.41) is 17.1. The molecule has 4 rings (SSSR count). The Morgan fingerprint density at radius 1 is 1.43 bits per heavy atom. The molecule has 6 heteroatoms. The number of hydrogen-bond acceptors (Lipinski definition) is 3. The van der Waals surface area contributed by atoms with E-state index in [0.717, 1.165) is 29.3 Å². The molecule has 0 unspecified atom stereocenters. The number of nitrogens with zero attached hydrogens (tertiary/aromatic N) is 3. The van der Waals surface area contributed by atoms with E-state index in [0.29, 0.717) is 11.3 Å². The first-order chi connectivity index (χ1) is 11.1. The number of aromatic amines is 1. The number of aromatic nitrogens is 3. The van der Waals surface area contributed by atoms with Crippen molar-refractivity contribution in [3.8, 4) is 6.07 Å². The van der Waals surface area contributed by atoms with E-state index >= 15 is 0 Å². The molecule has 6 nitrogen and oxygen atoms in total. The summed E-state index contributed by atoms with van der Waals surface area (Å²) in [6, 6.07) is 9.22. The first kappa shape index (κ1) is 13.6. The third kappa shape index (κ3) is 2.27. The van der Waals surface area contributed by atoms with Crippen LogP contribution in [0.5, 0.6) is 0 Å². The van der Waals surface area contributed by atoms with E-state index in [-0.39, 0.29) is 11.4 Å². The number of carbonyl (C=O) groups is 1. The maximum absolute atomic E-state index is 12.6. The largest absolute Gasteiger partial charge is 0.351 e. The van der Waals surface area contributed by atoms with Gasteiger partial charge in [-0.3, -0.25) is 9.48 Å². The van der Waals surface area contributed by atoms with E-state index in [9.17, 15) is 4.79 Å². The van der Waals surface area contributed by atoms with Crippen LogP contribution in [0.4, 0.5) is 0 Å². The molecule has 0 atom stereocenters.